The van der Waals surface area contributed by atoms with Crippen LogP contribution in [0.3, 0.4) is 0 Å². The number of aromatic nitrogens is 2. The summed E-state index contributed by atoms with van der Waals surface area (Å²) in [6.45, 7) is 0.561. The molecule has 1 amide bonds. The van der Waals surface area contributed by atoms with Gasteiger partial charge in [-0.2, -0.15) is 5.10 Å². The third-order valence-electron chi connectivity index (χ3n) is 2.53. The number of thiophene rings is 1. The maximum Gasteiger partial charge on any atom is 0.246 e. The molecule has 0 aromatic carbocycles. The third kappa shape index (κ3) is 4.04. The molecule has 2 aromatic rings. The van der Waals surface area contributed by atoms with Crippen molar-refractivity contribution in [2.75, 3.05) is 7.05 Å². The topological polar surface area (TPSA) is 38.1 Å². The Balaban J connectivity index is 1.94. The molecule has 0 aliphatic carbocycles. The van der Waals surface area contributed by atoms with Gasteiger partial charge in [-0.15, -0.1) is 11.3 Å². The van der Waals surface area contributed by atoms with Gasteiger partial charge in [-0.3, -0.25) is 9.48 Å². The van der Waals surface area contributed by atoms with Gasteiger partial charge in [0.2, 0.25) is 5.91 Å². The van der Waals surface area contributed by atoms with Crippen molar-refractivity contribution in [2.24, 2.45) is 7.05 Å². The molecule has 0 radical (unpaired) electrons. The molecule has 0 unspecified atom stereocenters. The maximum atomic E-state index is 11.9. The standard InChI is InChI=1S/C13H14BrN3OS/c1-16(7-10-6-15-17(2)8-10)13(18)4-3-12-5-11(14)9-19-12/h3-6,8-9H,7H2,1-2H3/b4-3+. The molecule has 0 atom stereocenters. The summed E-state index contributed by atoms with van der Waals surface area (Å²) in [7, 11) is 3.64. The zero-order valence-electron chi connectivity index (χ0n) is 10.7. The molecule has 4 nitrogen and oxygen atoms in total. The Morgan fingerprint density at radius 2 is 2.42 bits per heavy atom. The van der Waals surface area contributed by atoms with Crippen LogP contribution in [0.2, 0.25) is 0 Å². The van der Waals surface area contributed by atoms with Crippen molar-refractivity contribution in [1.82, 2.24) is 14.7 Å². The first-order valence-electron chi connectivity index (χ1n) is 5.69. The van der Waals surface area contributed by atoms with Crippen molar-refractivity contribution in [3.05, 3.63) is 44.8 Å². The highest BCUT2D eigenvalue weighted by Gasteiger charge is 2.07. The minimum Gasteiger partial charge on any atom is -0.338 e. The summed E-state index contributed by atoms with van der Waals surface area (Å²) < 4.78 is 2.76. The summed E-state index contributed by atoms with van der Waals surface area (Å²) in [5.74, 6) is -0.0200. The Morgan fingerprint density at radius 3 is 3.00 bits per heavy atom. The van der Waals surface area contributed by atoms with Crippen molar-refractivity contribution in [1.29, 1.82) is 0 Å². The van der Waals surface area contributed by atoms with E-state index in [9.17, 15) is 4.79 Å². The second kappa shape index (κ2) is 6.16. The van der Waals surface area contributed by atoms with Crippen molar-refractivity contribution < 1.29 is 4.79 Å². The number of carbonyl (C=O) groups is 1. The van der Waals surface area contributed by atoms with Crippen LogP contribution in [0.15, 0.2) is 34.4 Å². The Bertz CT molecular complexity index is 603. The number of halogens is 1. The lowest BCUT2D eigenvalue weighted by molar-refractivity contribution is -0.125. The van der Waals surface area contributed by atoms with Gasteiger partial charge in [-0.25, -0.2) is 0 Å². The average Bonchev–Trinajstić information content (AvgIpc) is 2.95. The molecule has 2 aromatic heterocycles. The number of hydrogen-bond acceptors (Lipinski definition) is 3. The molecule has 0 saturated heterocycles. The van der Waals surface area contributed by atoms with E-state index in [1.165, 1.54) is 0 Å². The van der Waals surface area contributed by atoms with E-state index < -0.39 is 0 Å². The minimum atomic E-state index is -0.0200. The van der Waals surface area contributed by atoms with Gasteiger partial charge in [-0.1, -0.05) is 0 Å². The van der Waals surface area contributed by atoms with E-state index in [1.54, 1.807) is 40.2 Å². The second-order valence-corrected chi connectivity index (χ2v) is 6.08. The van der Waals surface area contributed by atoms with Crippen molar-refractivity contribution in [3.63, 3.8) is 0 Å². The van der Waals surface area contributed by atoms with Gasteiger partial charge in [0.15, 0.2) is 0 Å². The number of carbonyl (C=O) groups excluding carboxylic acids is 1. The summed E-state index contributed by atoms with van der Waals surface area (Å²) in [4.78, 5) is 14.7. The predicted octanol–water partition coefficient (Wildman–Crippen LogP) is 2.92. The Morgan fingerprint density at radius 1 is 1.63 bits per heavy atom. The molecule has 0 N–H and O–H groups in total. The van der Waals surface area contributed by atoms with Gasteiger partial charge >= 0.3 is 0 Å². The monoisotopic (exact) mass is 339 g/mol. The molecular weight excluding hydrogens is 326 g/mol. The first kappa shape index (κ1) is 14.0. The number of hydrogen-bond donors (Lipinski definition) is 0. The van der Waals surface area contributed by atoms with E-state index in [4.69, 9.17) is 0 Å². The molecule has 100 valence electrons. The lowest BCUT2D eigenvalue weighted by Crippen LogP contribution is -2.23. The summed E-state index contributed by atoms with van der Waals surface area (Å²) in [5.41, 5.74) is 1.02. The van der Waals surface area contributed by atoms with Crippen LogP contribution in [0, 0.1) is 0 Å². The molecule has 0 fully saturated rings. The van der Waals surface area contributed by atoms with Crippen molar-refractivity contribution >= 4 is 39.2 Å². The highest BCUT2D eigenvalue weighted by Crippen LogP contribution is 2.20. The quantitative estimate of drug-likeness (QED) is 0.803. The van der Waals surface area contributed by atoms with Gasteiger partial charge < -0.3 is 4.90 Å². The third-order valence-corrected chi connectivity index (χ3v) is 4.19. The number of rotatable bonds is 4. The van der Waals surface area contributed by atoms with Crippen LogP contribution in [0.4, 0.5) is 0 Å². The van der Waals surface area contributed by atoms with Gasteiger partial charge in [0.05, 0.1) is 6.20 Å². The molecular formula is C13H14BrN3OS. The van der Waals surface area contributed by atoms with Crippen LogP contribution in [0.25, 0.3) is 6.08 Å². The molecule has 2 heterocycles. The molecule has 0 spiro atoms. The zero-order valence-corrected chi connectivity index (χ0v) is 13.1. The lowest BCUT2D eigenvalue weighted by Gasteiger charge is -2.13. The summed E-state index contributed by atoms with van der Waals surface area (Å²) >= 11 is 4.98. The van der Waals surface area contributed by atoms with E-state index in [1.807, 2.05) is 30.8 Å². The Kier molecular flexibility index (Phi) is 4.55. The van der Waals surface area contributed by atoms with E-state index >= 15 is 0 Å². The molecule has 0 saturated carbocycles. The molecule has 2 rings (SSSR count). The molecule has 0 aliphatic rings. The fourth-order valence-corrected chi connectivity index (χ4v) is 2.94. The van der Waals surface area contributed by atoms with E-state index in [-0.39, 0.29) is 5.91 Å². The predicted molar refractivity (Wildman–Crippen MR) is 80.7 cm³/mol. The second-order valence-electron chi connectivity index (χ2n) is 4.22. The first-order valence-corrected chi connectivity index (χ1v) is 7.36. The summed E-state index contributed by atoms with van der Waals surface area (Å²) in [5, 5.41) is 6.07. The lowest BCUT2D eigenvalue weighted by atomic mass is 10.3. The number of amides is 1. The van der Waals surface area contributed by atoms with Crippen molar-refractivity contribution in [3.8, 4) is 0 Å². The number of aryl methyl sites for hydroxylation is 1. The molecule has 6 heteroatoms. The summed E-state index contributed by atoms with van der Waals surface area (Å²) in [6.07, 6.45) is 7.10. The van der Waals surface area contributed by atoms with Crippen LogP contribution < -0.4 is 0 Å². The fraction of sp³-hybridized carbons (Fsp3) is 0.231. The van der Waals surface area contributed by atoms with Gasteiger partial charge in [-0.05, 0) is 28.1 Å². The summed E-state index contributed by atoms with van der Waals surface area (Å²) in [6, 6.07) is 1.98. The normalized spacial score (nSPS) is 11.1. The van der Waals surface area contributed by atoms with Gasteiger partial charge in [0.25, 0.3) is 0 Å². The average molecular weight is 340 g/mol. The van der Waals surface area contributed by atoms with Crippen LogP contribution in [-0.2, 0) is 18.4 Å². The van der Waals surface area contributed by atoms with E-state index in [0.717, 1.165) is 14.9 Å². The SMILES string of the molecule is CN(Cc1cnn(C)c1)C(=O)/C=C/c1cc(Br)cs1. The van der Waals surface area contributed by atoms with E-state index in [2.05, 4.69) is 21.0 Å². The van der Waals surface area contributed by atoms with Crippen molar-refractivity contribution in [2.45, 2.75) is 6.54 Å². The Labute approximate surface area is 124 Å². The molecule has 0 bridgehead atoms. The highest BCUT2D eigenvalue weighted by atomic mass is 79.9. The number of likely N-dealkylation sites (N-methyl/N-ethyl adjacent to an activating group) is 1. The van der Waals surface area contributed by atoms with Crippen LogP contribution in [0.1, 0.15) is 10.4 Å². The minimum absolute atomic E-state index is 0.0200. The molecule has 19 heavy (non-hydrogen) atoms. The van der Waals surface area contributed by atoms with E-state index in [0.29, 0.717) is 6.54 Å². The Hall–Kier alpha value is -1.40. The van der Waals surface area contributed by atoms with Crippen LogP contribution in [0.5, 0.6) is 0 Å². The fourth-order valence-electron chi connectivity index (χ4n) is 1.60. The van der Waals surface area contributed by atoms with Crippen LogP contribution in [-0.4, -0.2) is 27.6 Å². The van der Waals surface area contributed by atoms with Gasteiger partial charge in [0.1, 0.15) is 0 Å². The zero-order chi connectivity index (χ0) is 13.8. The highest BCUT2D eigenvalue weighted by molar-refractivity contribution is 9.10. The smallest absolute Gasteiger partial charge is 0.246 e. The molecule has 0 aliphatic heterocycles. The maximum absolute atomic E-state index is 11.9. The largest absolute Gasteiger partial charge is 0.338 e. The number of nitrogens with zero attached hydrogens (tertiary/aromatic N) is 3. The van der Waals surface area contributed by atoms with Gasteiger partial charge in [0, 0.05) is 53.2 Å². The first-order chi connectivity index (χ1) is 9.04. The van der Waals surface area contributed by atoms with Crippen LogP contribution >= 0.6 is 27.3 Å².